The molecule has 176 valence electrons. The fourth-order valence-corrected chi connectivity index (χ4v) is 5.06. The average molecular weight is 503 g/mol. The van der Waals surface area contributed by atoms with Crippen LogP contribution in [0.25, 0.3) is 10.2 Å². The van der Waals surface area contributed by atoms with Crippen LogP contribution in [-0.4, -0.2) is 16.7 Å². The van der Waals surface area contributed by atoms with Gasteiger partial charge in [-0.3, -0.25) is 9.59 Å². The molecule has 1 N–H and O–H groups in total. The third-order valence-electron chi connectivity index (χ3n) is 5.41. The van der Waals surface area contributed by atoms with Crippen molar-refractivity contribution in [3.05, 3.63) is 81.8 Å². The van der Waals surface area contributed by atoms with Gasteiger partial charge in [-0.2, -0.15) is 0 Å². The Balaban J connectivity index is 1.52. The first-order chi connectivity index (χ1) is 16.7. The number of rotatable bonds is 7. The molecule has 0 saturated carbocycles. The SMILES string of the molecule is C#CC(C)(C)c1cccc(C(=O)Nc2cccc(Oc3ccc4nc(CC(C)=O)sc4c3)c2)c1Cl. The summed E-state index contributed by atoms with van der Waals surface area (Å²) in [4.78, 5) is 28.8. The van der Waals surface area contributed by atoms with Crippen molar-refractivity contribution in [3.8, 4) is 23.8 Å². The van der Waals surface area contributed by atoms with E-state index in [4.69, 9.17) is 22.8 Å². The lowest BCUT2D eigenvalue weighted by Crippen LogP contribution is -2.18. The lowest BCUT2D eigenvalue weighted by molar-refractivity contribution is -0.116. The summed E-state index contributed by atoms with van der Waals surface area (Å²) in [5, 5.41) is 3.99. The van der Waals surface area contributed by atoms with Crippen molar-refractivity contribution < 1.29 is 14.3 Å². The predicted molar refractivity (Wildman–Crippen MR) is 142 cm³/mol. The van der Waals surface area contributed by atoms with E-state index in [1.54, 1.807) is 43.3 Å². The van der Waals surface area contributed by atoms with E-state index in [2.05, 4.69) is 16.2 Å². The molecule has 3 aromatic carbocycles. The number of amides is 1. The first-order valence-corrected chi connectivity index (χ1v) is 12.1. The highest BCUT2D eigenvalue weighted by Gasteiger charge is 2.24. The number of benzene rings is 3. The first-order valence-electron chi connectivity index (χ1n) is 10.9. The van der Waals surface area contributed by atoms with Gasteiger partial charge in [-0.1, -0.05) is 35.7 Å². The van der Waals surface area contributed by atoms with Crippen LogP contribution in [0.3, 0.4) is 0 Å². The minimum absolute atomic E-state index is 0.0761. The molecular weight excluding hydrogens is 480 g/mol. The fraction of sp³-hybridized carbons (Fsp3) is 0.179. The van der Waals surface area contributed by atoms with E-state index in [0.29, 0.717) is 34.2 Å². The second-order valence-electron chi connectivity index (χ2n) is 8.64. The number of Topliss-reactive ketones (excluding diaryl/α,β-unsaturated/α-hetero) is 1. The molecule has 0 atom stereocenters. The number of nitrogens with one attached hydrogen (secondary N) is 1. The van der Waals surface area contributed by atoms with Gasteiger partial charge in [0.2, 0.25) is 0 Å². The van der Waals surface area contributed by atoms with E-state index in [1.807, 2.05) is 38.1 Å². The second-order valence-corrected chi connectivity index (χ2v) is 10.1. The molecule has 0 saturated heterocycles. The Morgan fingerprint density at radius 1 is 1.11 bits per heavy atom. The van der Waals surface area contributed by atoms with Gasteiger partial charge in [0.1, 0.15) is 22.3 Å². The summed E-state index contributed by atoms with van der Waals surface area (Å²) in [5.74, 6) is 3.64. The van der Waals surface area contributed by atoms with Gasteiger partial charge in [-0.15, -0.1) is 17.8 Å². The highest BCUT2D eigenvalue weighted by Crippen LogP contribution is 2.33. The van der Waals surface area contributed by atoms with Crippen LogP contribution in [0.4, 0.5) is 5.69 Å². The van der Waals surface area contributed by atoms with Crippen LogP contribution in [0.15, 0.2) is 60.7 Å². The third-order valence-corrected chi connectivity index (χ3v) is 6.83. The van der Waals surface area contributed by atoms with E-state index in [9.17, 15) is 9.59 Å². The Morgan fingerprint density at radius 2 is 1.86 bits per heavy atom. The zero-order valence-electron chi connectivity index (χ0n) is 19.5. The maximum atomic E-state index is 13.0. The zero-order chi connectivity index (χ0) is 25.2. The number of carbonyl (C=O) groups excluding carboxylic acids is 2. The van der Waals surface area contributed by atoms with Crippen molar-refractivity contribution in [1.29, 1.82) is 0 Å². The zero-order valence-corrected chi connectivity index (χ0v) is 21.1. The molecule has 0 unspecified atom stereocenters. The Kier molecular flexibility index (Phi) is 6.93. The van der Waals surface area contributed by atoms with Crippen LogP contribution in [0.2, 0.25) is 5.02 Å². The van der Waals surface area contributed by atoms with Gasteiger partial charge in [0.25, 0.3) is 5.91 Å². The summed E-state index contributed by atoms with van der Waals surface area (Å²) >= 11 is 8.02. The number of ketones is 1. The lowest BCUT2D eigenvalue weighted by Gasteiger charge is -2.21. The third kappa shape index (κ3) is 5.54. The summed E-state index contributed by atoms with van der Waals surface area (Å²) in [5.41, 5.74) is 1.85. The predicted octanol–water partition coefficient (Wildman–Crippen LogP) is 7.04. The van der Waals surface area contributed by atoms with Crippen molar-refractivity contribution in [2.24, 2.45) is 0 Å². The molecule has 0 spiro atoms. The Bertz CT molecular complexity index is 1480. The molecule has 0 aliphatic carbocycles. The number of hydrogen-bond acceptors (Lipinski definition) is 5. The summed E-state index contributed by atoms with van der Waals surface area (Å²) in [6.45, 7) is 5.31. The number of halogens is 1. The van der Waals surface area contributed by atoms with Gasteiger partial charge in [-0.05, 0) is 56.7 Å². The number of terminal acetylenes is 1. The smallest absolute Gasteiger partial charge is 0.257 e. The minimum atomic E-state index is -0.604. The maximum Gasteiger partial charge on any atom is 0.257 e. The summed E-state index contributed by atoms with van der Waals surface area (Å²) in [6, 6.07) is 17.9. The van der Waals surface area contributed by atoms with Crippen molar-refractivity contribution >= 4 is 50.5 Å². The Morgan fingerprint density at radius 3 is 2.60 bits per heavy atom. The van der Waals surface area contributed by atoms with Crippen LogP contribution in [0, 0.1) is 12.3 Å². The normalized spacial score (nSPS) is 11.2. The lowest BCUT2D eigenvalue weighted by atomic mass is 9.84. The van der Waals surface area contributed by atoms with E-state index in [0.717, 1.165) is 20.8 Å². The molecular formula is C28H23ClN2O3S. The van der Waals surface area contributed by atoms with E-state index in [-0.39, 0.29) is 11.7 Å². The molecule has 7 heteroatoms. The van der Waals surface area contributed by atoms with Crippen LogP contribution >= 0.6 is 22.9 Å². The first kappa shape index (κ1) is 24.5. The Labute approximate surface area is 213 Å². The number of carbonyl (C=O) groups is 2. The van der Waals surface area contributed by atoms with Crippen LogP contribution in [0.1, 0.15) is 41.7 Å². The van der Waals surface area contributed by atoms with E-state index < -0.39 is 5.41 Å². The fourth-order valence-electron chi connectivity index (χ4n) is 3.54. The molecule has 0 aliphatic heterocycles. The van der Waals surface area contributed by atoms with Gasteiger partial charge in [0.15, 0.2) is 0 Å². The topological polar surface area (TPSA) is 68.3 Å². The van der Waals surface area contributed by atoms with Crippen LogP contribution in [0.5, 0.6) is 11.5 Å². The monoisotopic (exact) mass is 502 g/mol. The summed E-state index contributed by atoms with van der Waals surface area (Å²) in [6.07, 6.45) is 5.97. The average Bonchev–Trinajstić information content (AvgIpc) is 3.20. The molecule has 1 amide bonds. The number of ether oxygens (including phenoxy) is 1. The molecule has 0 aliphatic rings. The van der Waals surface area contributed by atoms with Crippen molar-refractivity contribution in [2.45, 2.75) is 32.6 Å². The number of thiazole rings is 1. The number of fused-ring (bicyclic) bond motifs is 1. The van der Waals surface area contributed by atoms with Crippen molar-refractivity contribution in [2.75, 3.05) is 5.32 Å². The molecule has 1 aromatic heterocycles. The largest absolute Gasteiger partial charge is 0.457 e. The number of anilines is 1. The van der Waals surface area contributed by atoms with Gasteiger partial charge >= 0.3 is 0 Å². The molecule has 5 nitrogen and oxygen atoms in total. The van der Waals surface area contributed by atoms with Gasteiger partial charge in [0.05, 0.1) is 32.6 Å². The van der Waals surface area contributed by atoms with E-state index in [1.165, 1.54) is 11.3 Å². The number of nitrogens with zero attached hydrogens (tertiary/aromatic N) is 1. The second kappa shape index (κ2) is 9.91. The van der Waals surface area contributed by atoms with Crippen LogP contribution < -0.4 is 10.1 Å². The Hall–Kier alpha value is -3.66. The molecule has 0 fully saturated rings. The van der Waals surface area contributed by atoms with E-state index >= 15 is 0 Å². The molecule has 4 rings (SSSR count). The maximum absolute atomic E-state index is 13.0. The standard InChI is InChI=1S/C28H23ClN2O3S/c1-5-28(3,4)22-11-7-10-21(26(22)29)27(33)30-18-8-6-9-19(15-18)34-20-12-13-23-24(16-20)35-25(31-23)14-17(2)32/h1,6-13,15-16H,14H2,2-4H3,(H,30,33). The summed E-state index contributed by atoms with van der Waals surface area (Å²) < 4.78 is 6.96. The molecule has 0 radical (unpaired) electrons. The minimum Gasteiger partial charge on any atom is -0.457 e. The van der Waals surface area contributed by atoms with Crippen LogP contribution in [-0.2, 0) is 16.6 Å². The van der Waals surface area contributed by atoms with Gasteiger partial charge < -0.3 is 10.1 Å². The highest BCUT2D eigenvalue weighted by molar-refractivity contribution is 7.18. The highest BCUT2D eigenvalue weighted by atomic mass is 35.5. The number of aromatic nitrogens is 1. The quantitative estimate of drug-likeness (QED) is 0.275. The van der Waals surface area contributed by atoms with Crippen molar-refractivity contribution in [1.82, 2.24) is 4.98 Å². The van der Waals surface area contributed by atoms with Gasteiger partial charge in [0, 0.05) is 17.8 Å². The molecule has 0 bridgehead atoms. The number of hydrogen-bond donors (Lipinski definition) is 1. The molecule has 1 heterocycles. The molecule has 35 heavy (non-hydrogen) atoms. The summed E-state index contributed by atoms with van der Waals surface area (Å²) in [7, 11) is 0. The van der Waals surface area contributed by atoms with Gasteiger partial charge in [-0.25, -0.2) is 4.98 Å². The molecule has 4 aromatic rings. The van der Waals surface area contributed by atoms with Crippen molar-refractivity contribution in [3.63, 3.8) is 0 Å².